The second kappa shape index (κ2) is 6.27. The maximum absolute atomic E-state index is 12.2. The van der Waals surface area contributed by atoms with Crippen LogP contribution in [-0.2, 0) is 16.0 Å². The molecule has 0 bridgehead atoms. The van der Waals surface area contributed by atoms with Crippen LogP contribution in [0.25, 0.3) is 4.96 Å². The molecule has 2 aliphatic heterocycles. The summed E-state index contributed by atoms with van der Waals surface area (Å²) < 4.78 is 12.8. The van der Waals surface area contributed by atoms with E-state index in [9.17, 15) is 4.79 Å². The largest absolute Gasteiger partial charge is 0.349 e. The van der Waals surface area contributed by atoms with Crippen molar-refractivity contribution in [2.75, 3.05) is 19.8 Å². The number of aryl methyl sites for hydroxylation is 1. The zero-order chi connectivity index (χ0) is 15.8. The smallest absolute Gasteiger partial charge is 0.275 e. The van der Waals surface area contributed by atoms with Gasteiger partial charge in [0.25, 0.3) is 5.56 Å². The van der Waals surface area contributed by atoms with Crippen LogP contribution < -0.4 is 5.56 Å². The number of fused-ring (bicyclic) bond motifs is 1. The standard InChI is InChI=1S/C15H20N4O3S/c1-10-17-19-13(20)8-11(16-15(19)23-10)9-18-5-3-2-4-12(18)14-21-6-7-22-14/h8,12,14H,2-7,9H2,1H3/t12-/m1/s1. The van der Waals surface area contributed by atoms with Crippen molar-refractivity contribution in [1.82, 2.24) is 19.5 Å². The lowest BCUT2D eigenvalue weighted by atomic mass is 10.0. The molecule has 23 heavy (non-hydrogen) atoms. The van der Waals surface area contributed by atoms with Crippen molar-refractivity contribution in [2.45, 2.75) is 45.1 Å². The first-order valence-corrected chi connectivity index (χ1v) is 8.86. The lowest BCUT2D eigenvalue weighted by Crippen LogP contribution is -2.47. The highest BCUT2D eigenvalue weighted by Gasteiger charge is 2.33. The van der Waals surface area contributed by atoms with E-state index in [1.165, 1.54) is 22.3 Å². The Hall–Kier alpha value is -1.35. The van der Waals surface area contributed by atoms with E-state index in [2.05, 4.69) is 15.0 Å². The molecule has 1 atom stereocenters. The fourth-order valence-corrected chi connectivity index (χ4v) is 4.13. The normalized spacial score (nSPS) is 23.8. The van der Waals surface area contributed by atoms with Gasteiger partial charge in [-0.1, -0.05) is 17.8 Å². The van der Waals surface area contributed by atoms with E-state index in [1.807, 2.05) is 6.92 Å². The molecule has 4 rings (SSSR count). The molecule has 7 nitrogen and oxygen atoms in total. The molecule has 2 aromatic rings. The third-order valence-electron chi connectivity index (χ3n) is 4.39. The predicted molar refractivity (Wildman–Crippen MR) is 85.6 cm³/mol. The van der Waals surface area contributed by atoms with Crippen LogP contribution in [0.15, 0.2) is 10.9 Å². The molecule has 0 aliphatic carbocycles. The summed E-state index contributed by atoms with van der Waals surface area (Å²) in [4.78, 5) is 19.8. The molecular formula is C15H20N4O3S. The van der Waals surface area contributed by atoms with Gasteiger partial charge in [0.1, 0.15) is 5.01 Å². The van der Waals surface area contributed by atoms with Gasteiger partial charge in [-0.3, -0.25) is 9.69 Å². The van der Waals surface area contributed by atoms with Crippen LogP contribution in [0.1, 0.15) is 30.0 Å². The highest BCUT2D eigenvalue weighted by atomic mass is 32.1. The first-order valence-electron chi connectivity index (χ1n) is 8.04. The second-order valence-electron chi connectivity index (χ2n) is 6.04. The van der Waals surface area contributed by atoms with Crippen LogP contribution in [0.2, 0.25) is 0 Å². The lowest BCUT2D eigenvalue weighted by Gasteiger charge is -2.37. The molecule has 2 fully saturated rings. The molecule has 0 N–H and O–H groups in total. The van der Waals surface area contributed by atoms with E-state index >= 15 is 0 Å². The Morgan fingerprint density at radius 2 is 2.17 bits per heavy atom. The van der Waals surface area contributed by atoms with Gasteiger partial charge in [-0.2, -0.15) is 9.61 Å². The Morgan fingerprint density at radius 1 is 1.35 bits per heavy atom. The van der Waals surface area contributed by atoms with Crippen molar-refractivity contribution in [3.05, 3.63) is 27.1 Å². The number of aromatic nitrogens is 3. The number of nitrogens with zero attached hydrogens (tertiary/aromatic N) is 4. The van der Waals surface area contributed by atoms with E-state index < -0.39 is 0 Å². The zero-order valence-corrected chi connectivity index (χ0v) is 13.9. The van der Waals surface area contributed by atoms with E-state index in [4.69, 9.17) is 9.47 Å². The molecule has 4 heterocycles. The maximum Gasteiger partial charge on any atom is 0.275 e. The van der Waals surface area contributed by atoms with Crippen molar-refractivity contribution >= 4 is 16.3 Å². The number of ether oxygens (including phenoxy) is 2. The van der Waals surface area contributed by atoms with Gasteiger partial charge in [-0.25, -0.2) is 4.98 Å². The van der Waals surface area contributed by atoms with Crippen LogP contribution >= 0.6 is 11.3 Å². The molecule has 0 saturated carbocycles. The summed E-state index contributed by atoms with van der Waals surface area (Å²) in [5, 5.41) is 5.03. The minimum atomic E-state index is -0.147. The van der Waals surface area contributed by atoms with E-state index in [0.717, 1.165) is 30.1 Å². The number of hydrogen-bond acceptors (Lipinski definition) is 7. The fourth-order valence-electron chi connectivity index (χ4n) is 3.36. The van der Waals surface area contributed by atoms with E-state index in [-0.39, 0.29) is 17.9 Å². The summed E-state index contributed by atoms with van der Waals surface area (Å²) in [7, 11) is 0. The summed E-state index contributed by atoms with van der Waals surface area (Å²) in [6, 6.07) is 1.84. The van der Waals surface area contributed by atoms with Crippen molar-refractivity contribution < 1.29 is 9.47 Å². The summed E-state index contributed by atoms with van der Waals surface area (Å²) in [5.41, 5.74) is 0.680. The molecule has 0 spiro atoms. The molecule has 0 unspecified atom stereocenters. The summed E-state index contributed by atoms with van der Waals surface area (Å²) in [5.74, 6) is 0. The van der Waals surface area contributed by atoms with Crippen LogP contribution in [0.3, 0.4) is 0 Å². The second-order valence-corrected chi connectivity index (χ2v) is 7.20. The first kappa shape index (κ1) is 15.2. The van der Waals surface area contributed by atoms with Crippen molar-refractivity contribution in [3.8, 4) is 0 Å². The number of piperidine rings is 1. The van der Waals surface area contributed by atoms with Gasteiger partial charge in [-0.15, -0.1) is 0 Å². The molecule has 2 aliphatic rings. The SMILES string of the molecule is Cc1nn2c(=O)cc(CN3CCCC[C@@H]3C3OCCO3)nc2s1. The van der Waals surface area contributed by atoms with Gasteiger partial charge < -0.3 is 9.47 Å². The third kappa shape index (κ3) is 3.03. The quantitative estimate of drug-likeness (QED) is 0.838. The average molecular weight is 336 g/mol. The molecule has 8 heteroatoms. The monoisotopic (exact) mass is 336 g/mol. The van der Waals surface area contributed by atoms with Crippen molar-refractivity contribution in [3.63, 3.8) is 0 Å². The predicted octanol–water partition coefficient (Wildman–Crippen LogP) is 1.19. The topological polar surface area (TPSA) is 69.0 Å². The Bertz CT molecular complexity index is 753. The van der Waals surface area contributed by atoms with Gasteiger partial charge in [0, 0.05) is 12.6 Å². The lowest BCUT2D eigenvalue weighted by molar-refractivity contribution is -0.111. The number of hydrogen-bond donors (Lipinski definition) is 0. The molecule has 124 valence electrons. The summed E-state index contributed by atoms with van der Waals surface area (Å²) in [6.07, 6.45) is 3.26. The highest BCUT2D eigenvalue weighted by molar-refractivity contribution is 7.16. The molecule has 2 aromatic heterocycles. The van der Waals surface area contributed by atoms with E-state index in [0.29, 0.717) is 24.7 Å². The number of likely N-dealkylation sites (tertiary alicyclic amines) is 1. The molecular weight excluding hydrogens is 316 g/mol. The maximum atomic E-state index is 12.2. The molecule has 0 aromatic carbocycles. The number of rotatable bonds is 3. The fraction of sp³-hybridized carbons (Fsp3) is 0.667. The molecule has 0 radical (unpaired) electrons. The Kier molecular flexibility index (Phi) is 4.14. The van der Waals surface area contributed by atoms with Gasteiger partial charge >= 0.3 is 0 Å². The van der Waals surface area contributed by atoms with Gasteiger partial charge in [0.05, 0.1) is 24.9 Å². The van der Waals surface area contributed by atoms with Crippen LogP contribution in [0.5, 0.6) is 0 Å². The zero-order valence-electron chi connectivity index (χ0n) is 13.1. The first-order chi connectivity index (χ1) is 11.2. The average Bonchev–Trinajstić information content (AvgIpc) is 3.17. The highest BCUT2D eigenvalue weighted by Crippen LogP contribution is 2.25. The summed E-state index contributed by atoms with van der Waals surface area (Å²) in [6.45, 7) is 4.85. The molecule has 0 amide bonds. The van der Waals surface area contributed by atoms with Crippen molar-refractivity contribution in [1.29, 1.82) is 0 Å². The van der Waals surface area contributed by atoms with Crippen LogP contribution in [0, 0.1) is 6.92 Å². The Morgan fingerprint density at radius 3 is 3.00 bits per heavy atom. The Balaban J connectivity index is 1.59. The minimum absolute atomic E-state index is 0.115. The van der Waals surface area contributed by atoms with Crippen LogP contribution in [0.4, 0.5) is 0 Å². The van der Waals surface area contributed by atoms with Gasteiger partial charge in [0.2, 0.25) is 4.96 Å². The van der Waals surface area contributed by atoms with Crippen molar-refractivity contribution in [2.24, 2.45) is 0 Å². The van der Waals surface area contributed by atoms with Gasteiger partial charge in [-0.05, 0) is 26.3 Å². The molecule has 2 saturated heterocycles. The van der Waals surface area contributed by atoms with Gasteiger partial charge in [0.15, 0.2) is 6.29 Å². The summed E-state index contributed by atoms with van der Waals surface area (Å²) >= 11 is 1.44. The van der Waals surface area contributed by atoms with Crippen LogP contribution in [-0.4, -0.2) is 51.6 Å². The van der Waals surface area contributed by atoms with E-state index in [1.54, 1.807) is 6.07 Å². The minimum Gasteiger partial charge on any atom is -0.349 e. The third-order valence-corrected chi connectivity index (χ3v) is 5.21. The Labute approximate surface area is 137 Å².